The van der Waals surface area contributed by atoms with Crippen molar-refractivity contribution in [2.45, 2.75) is 59.3 Å². The summed E-state index contributed by atoms with van der Waals surface area (Å²) in [5, 5.41) is 8.25. The average Bonchev–Trinajstić information content (AvgIpc) is 3.00. The predicted octanol–water partition coefficient (Wildman–Crippen LogP) is 3.81. The summed E-state index contributed by atoms with van der Waals surface area (Å²) in [5.41, 5.74) is 16.7. The number of hydrogen-bond donors (Lipinski definition) is 6. The van der Waals surface area contributed by atoms with Crippen LogP contribution in [0.3, 0.4) is 0 Å². The molecule has 12 nitrogen and oxygen atoms in total. The van der Waals surface area contributed by atoms with Crippen molar-refractivity contribution >= 4 is 100.0 Å². The maximum absolute atomic E-state index is 10.5. The van der Waals surface area contributed by atoms with Crippen LogP contribution in [0.5, 0.6) is 0 Å². The summed E-state index contributed by atoms with van der Waals surface area (Å²) in [7, 11) is 15.9. The van der Waals surface area contributed by atoms with Crippen LogP contribution in [0.2, 0.25) is 0 Å². The number of aliphatic imine (C=N–C) groups is 3. The van der Waals surface area contributed by atoms with E-state index in [1.807, 2.05) is 32.4 Å². The first-order chi connectivity index (χ1) is 21.5. The molecule has 264 valence electrons. The van der Waals surface area contributed by atoms with Gasteiger partial charge in [0.15, 0.2) is 0 Å². The van der Waals surface area contributed by atoms with Crippen LogP contribution in [0.1, 0.15) is 59.3 Å². The highest BCUT2D eigenvalue weighted by molar-refractivity contribution is 8.77. The van der Waals surface area contributed by atoms with Crippen LogP contribution in [-0.2, 0) is 14.4 Å². The van der Waals surface area contributed by atoms with Gasteiger partial charge in [0.1, 0.15) is 0 Å². The minimum atomic E-state index is 0.0348. The zero-order chi connectivity index (χ0) is 34.6. The number of amidine groups is 3. The fourth-order valence-corrected chi connectivity index (χ4v) is 8.41. The van der Waals surface area contributed by atoms with E-state index in [9.17, 15) is 14.4 Å². The molecule has 0 unspecified atom stereocenters. The van der Waals surface area contributed by atoms with Crippen LogP contribution in [0, 0.1) is 0 Å². The van der Waals surface area contributed by atoms with E-state index in [2.05, 4.69) is 30.9 Å². The van der Waals surface area contributed by atoms with Crippen molar-refractivity contribution < 1.29 is 14.4 Å². The van der Waals surface area contributed by atoms with E-state index in [0.29, 0.717) is 0 Å². The number of nitrogens with zero attached hydrogens (tertiary/aromatic N) is 3. The van der Waals surface area contributed by atoms with Gasteiger partial charge in [0.25, 0.3) is 0 Å². The Morgan fingerprint density at radius 3 is 0.889 bits per heavy atom. The smallest absolute Gasteiger partial charge is 0.216 e. The number of carbonyl (C=O) groups is 3. The van der Waals surface area contributed by atoms with E-state index in [4.69, 9.17) is 17.2 Å². The van der Waals surface area contributed by atoms with Crippen molar-refractivity contribution in [2.24, 2.45) is 32.2 Å². The standard InChI is InChI=1S/3C9H19N3OS2/c3*1-8(13)12-5-7-15-14-6-3-4-9(10)11-2/h3*3-7H2,1-2H3,(H2,10,11)(H,12,13). The second-order valence-corrected chi connectivity index (χ2v) is 16.9. The quantitative estimate of drug-likeness (QED) is 0.0361. The van der Waals surface area contributed by atoms with Crippen molar-refractivity contribution in [2.75, 3.05) is 75.3 Å². The maximum Gasteiger partial charge on any atom is 0.216 e. The molecular formula is C27H57N9O3S6. The van der Waals surface area contributed by atoms with Gasteiger partial charge in [0.05, 0.1) is 17.5 Å². The Bertz CT molecular complexity index is 733. The molecule has 0 heterocycles. The van der Waals surface area contributed by atoms with Crippen LogP contribution >= 0.6 is 64.8 Å². The minimum Gasteiger partial charge on any atom is -0.387 e. The highest BCUT2D eigenvalue weighted by atomic mass is 33.1. The molecule has 0 bridgehead atoms. The van der Waals surface area contributed by atoms with Crippen molar-refractivity contribution in [3.63, 3.8) is 0 Å². The van der Waals surface area contributed by atoms with Gasteiger partial charge in [0, 0.05) is 115 Å². The monoisotopic (exact) mass is 747 g/mol. The molecular weight excluding hydrogens is 691 g/mol. The van der Waals surface area contributed by atoms with Crippen molar-refractivity contribution in [1.29, 1.82) is 0 Å². The number of carbonyl (C=O) groups excluding carboxylic acids is 3. The first-order valence-electron chi connectivity index (χ1n) is 14.6. The Hall–Kier alpha value is -1.08. The topological polar surface area (TPSA) is 202 Å². The lowest BCUT2D eigenvalue weighted by atomic mass is 10.3. The molecule has 0 saturated carbocycles. The zero-order valence-corrected chi connectivity index (χ0v) is 32.8. The highest BCUT2D eigenvalue weighted by Crippen LogP contribution is 2.22. The van der Waals surface area contributed by atoms with Gasteiger partial charge in [-0.2, -0.15) is 0 Å². The Labute approximate surface area is 295 Å². The Kier molecular flexibility index (Phi) is 42.0. The highest BCUT2D eigenvalue weighted by Gasteiger charge is 1.97. The SMILES string of the molecule is CN=C(N)CCCSSCCNC(C)=O.CN=C(N)CCCSSCCNC(C)=O.CN=C(N)CCCSSCCNC(C)=O. The van der Waals surface area contributed by atoms with Crippen molar-refractivity contribution in [3.8, 4) is 0 Å². The second-order valence-electron chi connectivity index (χ2n) is 8.84. The molecule has 0 atom stereocenters. The average molecular weight is 748 g/mol. The second kappa shape index (κ2) is 39.1. The van der Waals surface area contributed by atoms with E-state index in [-0.39, 0.29) is 17.7 Å². The molecule has 0 aromatic rings. The number of amides is 3. The molecule has 0 fully saturated rings. The molecule has 0 aliphatic rings. The molecule has 0 aromatic carbocycles. The fourth-order valence-electron chi connectivity index (χ4n) is 2.43. The summed E-state index contributed by atoms with van der Waals surface area (Å²) in [4.78, 5) is 43.3. The third-order valence-electron chi connectivity index (χ3n) is 4.77. The van der Waals surface area contributed by atoms with E-state index in [1.54, 1.807) is 53.5 Å². The van der Waals surface area contributed by atoms with Crippen LogP contribution < -0.4 is 33.2 Å². The fraction of sp³-hybridized carbons (Fsp3) is 0.778. The normalized spacial score (nSPS) is 11.5. The molecule has 0 rings (SSSR count). The van der Waals surface area contributed by atoms with E-state index < -0.39 is 0 Å². The Morgan fingerprint density at radius 2 is 0.689 bits per heavy atom. The van der Waals surface area contributed by atoms with Crippen LogP contribution in [-0.4, -0.2) is 111 Å². The molecule has 9 N–H and O–H groups in total. The van der Waals surface area contributed by atoms with Crippen molar-refractivity contribution in [3.05, 3.63) is 0 Å². The first-order valence-corrected chi connectivity index (χ1v) is 22.1. The maximum atomic E-state index is 10.5. The molecule has 0 aliphatic heterocycles. The van der Waals surface area contributed by atoms with E-state index in [1.165, 1.54) is 20.8 Å². The van der Waals surface area contributed by atoms with Gasteiger partial charge in [-0.05, 0) is 19.3 Å². The number of nitrogens with two attached hydrogens (primary N) is 3. The van der Waals surface area contributed by atoms with Gasteiger partial charge in [0.2, 0.25) is 17.7 Å². The third-order valence-corrected chi connectivity index (χ3v) is 12.2. The number of rotatable bonds is 24. The number of hydrogen-bond acceptors (Lipinski definition) is 12. The largest absolute Gasteiger partial charge is 0.387 e. The lowest BCUT2D eigenvalue weighted by Crippen LogP contribution is -2.22. The Morgan fingerprint density at radius 1 is 0.467 bits per heavy atom. The third kappa shape index (κ3) is 50.0. The summed E-state index contributed by atoms with van der Waals surface area (Å²) in [6, 6.07) is 0. The van der Waals surface area contributed by atoms with Gasteiger partial charge in [-0.25, -0.2) is 0 Å². The molecule has 45 heavy (non-hydrogen) atoms. The van der Waals surface area contributed by atoms with E-state index >= 15 is 0 Å². The lowest BCUT2D eigenvalue weighted by Gasteiger charge is -2.02. The van der Waals surface area contributed by atoms with Crippen LogP contribution in [0.4, 0.5) is 0 Å². The summed E-state index contributed by atoms with van der Waals surface area (Å²) in [6.45, 7) is 6.82. The minimum absolute atomic E-state index is 0.0348. The van der Waals surface area contributed by atoms with Gasteiger partial charge in [-0.3, -0.25) is 29.4 Å². The lowest BCUT2D eigenvalue weighted by molar-refractivity contribution is -0.119. The predicted molar refractivity (Wildman–Crippen MR) is 211 cm³/mol. The summed E-state index contributed by atoms with van der Waals surface area (Å²) in [5.74, 6) is 8.32. The van der Waals surface area contributed by atoms with Gasteiger partial charge in [-0.15, -0.1) is 0 Å². The van der Waals surface area contributed by atoms with E-state index in [0.717, 1.165) is 110 Å². The molecule has 3 amide bonds. The van der Waals surface area contributed by atoms with Crippen molar-refractivity contribution in [1.82, 2.24) is 16.0 Å². The number of nitrogens with one attached hydrogen (secondary N) is 3. The summed E-state index contributed by atoms with van der Waals surface area (Å²) >= 11 is 0. The zero-order valence-electron chi connectivity index (χ0n) is 27.9. The first kappa shape index (κ1) is 48.3. The molecule has 0 spiro atoms. The van der Waals surface area contributed by atoms with Crippen LogP contribution in [0.25, 0.3) is 0 Å². The molecule has 0 aliphatic carbocycles. The summed E-state index contributed by atoms with van der Waals surface area (Å²) in [6.07, 6.45) is 5.78. The Balaban J connectivity index is -0.000000588. The molecule has 0 radical (unpaired) electrons. The summed E-state index contributed by atoms with van der Waals surface area (Å²) < 4.78 is 0. The van der Waals surface area contributed by atoms with Gasteiger partial charge in [-0.1, -0.05) is 64.8 Å². The van der Waals surface area contributed by atoms with Gasteiger partial charge >= 0.3 is 0 Å². The van der Waals surface area contributed by atoms with Gasteiger partial charge < -0.3 is 33.2 Å². The van der Waals surface area contributed by atoms with Crippen LogP contribution in [0.15, 0.2) is 15.0 Å². The molecule has 0 saturated heterocycles. The molecule has 18 heteroatoms. The molecule has 0 aromatic heterocycles.